The second-order valence-corrected chi connectivity index (χ2v) is 6.00. The highest BCUT2D eigenvalue weighted by atomic mass is 32.2. The van der Waals surface area contributed by atoms with Crippen LogP contribution in [0, 0.1) is 0 Å². The average Bonchev–Trinajstić information content (AvgIpc) is 1.87. The molecule has 0 bridgehead atoms. The quantitative estimate of drug-likeness (QED) is 0.621. The molecule has 1 saturated heterocycles. The van der Waals surface area contributed by atoms with Gasteiger partial charge in [-0.1, -0.05) is 0 Å². The minimum absolute atomic E-state index is 0.474. The Hall–Kier alpha value is -0.0900. The molecule has 0 spiro atoms. The molecule has 0 aromatic heterocycles. The maximum atomic E-state index is 11.3. The first kappa shape index (κ1) is 9.00. The minimum atomic E-state index is -2.87. The maximum absolute atomic E-state index is 11.3. The first-order chi connectivity index (χ1) is 4.96. The van der Waals surface area contributed by atoms with Gasteiger partial charge in [-0.05, 0) is 32.9 Å². The summed E-state index contributed by atoms with van der Waals surface area (Å²) >= 11 is 0. The Kier molecular flexibility index (Phi) is 2.25. The molecule has 0 aliphatic carbocycles. The molecule has 0 amide bonds. The SMILES string of the molecule is CC1(S(C)(=O)=O)CCNCC1. The zero-order chi connectivity index (χ0) is 8.54. The van der Waals surface area contributed by atoms with Crippen LogP contribution in [0.4, 0.5) is 0 Å². The summed E-state index contributed by atoms with van der Waals surface area (Å²) < 4.78 is 22.1. The van der Waals surface area contributed by atoms with Gasteiger partial charge < -0.3 is 5.32 Å². The summed E-state index contributed by atoms with van der Waals surface area (Å²) in [5.41, 5.74) is 0. The van der Waals surface area contributed by atoms with E-state index in [1.807, 2.05) is 6.92 Å². The number of nitrogens with one attached hydrogen (secondary N) is 1. The van der Waals surface area contributed by atoms with Crippen molar-refractivity contribution >= 4 is 9.84 Å². The standard InChI is InChI=1S/C7H15NO2S/c1-7(11(2,9)10)3-5-8-6-4-7/h8H,3-6H2,1-2H3. The molecule has 4 heteroatoms. The van der Waals surface area contributed by atoms with E-state index in [4.69, 9.17) is 0 Å². The third kappa shape index (κ3) is 1.73. The fraction of sp³-hybridized carbons (Fsp3) is 1.00. The van der Waals surface area contributed by atoms with Gasteiger partial charge in [0.25, 0.3) is 0 Å². The van der Waals surface area contributed by atoms with Crippen LogP contribution in [0.5, 0.6) is 0 Å². The van der Waals surface area contributed by atoms with Gasteiger partial charge in [-0.15, -0.1) is 0 Å². The first-order valence-corrected chi connectivity index (χ1v) is 5.75. The smallest absolute Gasteiger partial charge is 0.152 e. The van der Waals surface area contributed by atoms with Crippen LogP contribution in [0.2, 0.25) is 0 Å². The summed E-state index contributed by atoms with van der Waals surface area (Å²) in [5, 5.41) is 3.15. The van der Waals surface area contributed by atoms with E-state index in [1.54, 1.807) is 0 Å². The Morgan fingerprint density at radius 1 is 1.27 bits per heavy atom. The van der Waals surface area contributed by atoms with Gasteiger partial charge in [0.05, 0.1) is 4.75 Å². The molecule has 66 valence electrons. The summed E-state index contributed by atoms with van der Waals surface area (Å²) in [6, 6.07) is 0. The normalized spacial score (nSPS) is 24.9. The van der Waals surface area contributed by atoms with Crippen molar-refractivity contribution in [3.8, 4) is 0 Å². The Morgan fingerprint density at radius 2 is 1.73 bits per heavy atom. The van der Waals surface area contributed by atoms with E-state index < -0.39 is 14.6 Å². The lowest BCUT2D eigenvalue weighted by Crippen LogP contribution is -2.44. The summed E-state index contributed by atoms with van der Waals surface area (Å²) in [4.78, 5) is 0. The van der Waals surface area contributed by atoms with Crippen LogP contribution in [0.1, 0.15) is 19.8 Å². The highest BCUT2D eigenvalue weighted by Gasteiger charge is 2.36. The van der Waals surface area contributed by atoms with Gasteiger partial charge in [-0.3, -0.25) is 0 Å². The van der Waals surface area contributed by atoms with Gasteiger partial charge in [-0.2, -0.15) is 0 Å². The van der Waals surface area contributed by atoms with Crippen molar-refractivity contribution in [3.63, 3.8) is 0 Å². The molecule has 3 nitrogen and oxygen atoms in total. The van der Waals surface area contributed by atoms with E-state index in [0.29, 0.717) is 0 Å². The van der Waals surface area contributed by atoms with Crippen molar-refractivity contribution in [2.75, 3.05) is 19.3 Å². The van der Waals surface area contributed by atoms with Crippen LogP contribution in [-0.4, -0.2) is 32.5 Å². The van der Waals surface area contributed by atoms with Crippen molar-refractivity contribution in [1.82, 2.24) is 5.32 Å². The van der Waals surface area contributed by atoms with E-state index in [2.05, 4.69) is 5.32 Å². The fourth-order valence-corrected chi connectivity index (χ4v) is 2.27. The fourth-order valence-electron chi connectivity index (χ4n) is 1.33. The summed E-state index contributed by atoms with van der Waals surface area (Å²) in [6.07, 6.45) is 2.82. The van der Waals surface area contributed by atoms with Crippen LogP contribution < -0.4 is 5.32 Å². The van der Waals surface area contributed by atoms with Gasteiger partial charge in [0.1, 0.15) is 0 Å². The van der Waals surface area contributed by atoms with Gasteiger partial charge in [0, 0.05) is 6.26 Å². The van der Waals surface area contributed by atoms with Crippen molar-refractivity contribution in [2.45, 2.75) is 24.5 Å². The third-order valence-electron chi connectivity index (χ3n) is 2.56. The molecule has 1 aliphatic heterocycles. The average molecular weight is 177 g/mol. The first-order valence-electron chi connectivity index (χ1n) is 3.86. The van der Waals surface area contributed by atoms with Crippen molar-refractivity contribution in [3.05, 3.63) is 0 Å². The number of hydrogen-bond donors (Lipinski definition) is 1. The topological polar surface area (TPSA) is 46.2 Å². The lowest BCUT2D eigenvalue weighted by Gasteiger charge is -2.31. The molecular weight excluding hydrogens is 162 g/mol. The summed E-state index contributed by atoms with van der Waals surface area (Å²) in [6.45, 7) is 3.48. The van der Waals surface area contributed by atoms with E-state index in [0.717, 1.165) is 25.9 Å². The molecule has 0 aromatic carbocycles. The van der Waals surface area contributed by atoms with Crippen molar-refractivity contribution in [2.24, 2.45) is 0 Å². The van der Waals surface area contributed by atoms with E-state index >= 15 is 0 Å². The lowest BCUT2D eigenvalue weighted by atomic mass is 10.00. The molecule has 0 saturated carbocycles. The van der Waals surface area contributed by atoms with Crippen LogP contribution in [0.3, 0.4) is 0 Å². The van der Waals surface area contributed by atoms with Gasteiger partial charge in [0.15, 0.2) is 9.84 Å². The highest BCUT2D eigenvalue weighted by molar-refractivity contribution is 7.92. The Bertz CT molecular complexity index is 227. The molecule has 1 fully saturated rings. The van der Waals surface area contributed by atoms with Gasteiger partial charge in [0.2, 0.25) is 0 Å². The highest BCUT2D eigenvalue weighted by Crippen LogP contribution is 2.26. The molecule has 1 rings (SSSR count). The Balaban J connectivity index is 2.81. The molecule has 1 aliphatic rings. The predicted molar refractivity (Wildman–Crippen MR) is 45.4 cm³/mol. The van der Waals surface area contributed by atoms with Gasteiger partial charge in [-0.25, -0.2) is 8.42 Å². The zero-order valence-corrected chi connectivity index (χ0v) is 7.87. The van der Waals surface area contributed by atoms with Crippen LogP contribution in [0.25, 0.3) is 0 Å². The predicted octanol–water partition coefficient (Wildman–Crippen LogP) is 0.173. The summed E-state index contributed by atoms with van der Waals surface area (Å²) in [5.74, 6) is 0. The van der Waals surface area contributed by atoms with E-state index in [9.17, 15) is 8.42 Å². The number of rotatable bonds is 1. The monoisotopic (exact) mass is 177 g/mol. The second kappa shape index (κ2) is 2.75. The van der Waals surface area contributed by atoms with Crippen LogP contribution >= 0.6 is 0 Å². The van der Waals surface area contributed by atoms with Crippen molar-refractivity contribution in [1.29, 1.82) is 0 Å². The van der Waals surface area contributed by atoms with Crippen molar-refractivity contribution < 1.29 is 8.42 Å². The van der Waals surface area contributed by atoms with Crippen LogP contribution in [0.15, 0.2) is 0 Å². The van der Waals surface area contributed by atoms with Crippen LogP contribution in [-0.2, 0) is 9.84 Å². The summed E-state index contributed by atoms with van der Waals surface area (Å²) in [7, 11) is -2.87. The van der Waals surface area contributed by atoms with Gasteiger partial charge >= 0.3 is 0 Å². The molecule has 0 radical (unpaired) electrons. The molecule has 1 heterocycles. The number of hydrogen-bond acceptors (Lipinski definition) is 3. The Morgan fingerprint density at radius 3 is 2.00 bits per heavy atom. The molecular formula is C7H15NO2S. The second-order valence-electron chi connectivity index (χ2n) is 3.47. The lowest BCUT2D eigenvalue weighted by molar-refractivity contribution is 0.411. The van der Waals surface area contributed by atoms with E-state index in [1.165, 1.54) is 6.26 Å². The number of sulfone groups is 1. The molecule has 0 unspecified atom stereocenters. The Labute approximate surface area is 68.1 Å². The van der Waals surface area contributed by atoms with E-state index in [-0.39, 0.29) is 0 Å². The molecule has 1 N–H and O–H groups in total. The minimum Gasteiger partial charge on any atom is -0.317 e. The zero-order valence-electron chi connectivity index (χ0n) is 7.05. The third-order valence-corrected chi connectivity index (χ3v) is 4.75. The molecule has 0 atom stereocenters. The number of piperidine rings is 1. The largest absolute Gasteiger partial charge is 0.317 e. The molecule has 11 heavy (non-hydrogen) atoms. The maximum Gasteiger partial charge on any atom is 0.152 e. The molecule has 0 aromatic rings.